The summed E-state index contributed by atoms with van der Waals surface area (Å²) in [6, 6.07) is 12.9. The van der Waals surface area contributed by atoms with Crippen molar-refractivity contribution in [3.05, 3.63) is 78.1 Å². The fraction of sp³-hybridized carbons (Fsp3) is 0.0625. The average molecular weight is 296 g/mol. The first-order chi connectivity index (χ1) is 10.7. The van der Waals surface area contributed by atoms with Crippen LogP contribution in [0, 0.1) is 5.82 Å². The molecule has 0 bridgehead atoms. The fourth-order valence-corrected chi connectivity index (χ4v) is 2.00. The molecule has 0 aliphatic rings. The summed E-state index contributed by atoms with van der Waals surface area (Å²) < 4.78 is 14.5. The molecular formula is C16H13FN4O. The van der Waals surface area contributed by atoms with Gasteiger partial charge in [-0.15, -0.1) is 0 Å². The number of halogens is 1. The molecular weight excluding hydrogens is 283 g/mol. The Labute approximate surface area is 126 Å². The molecule has 6 heteroatoms. The van der Waals surface area contributed by atoms with Crippen molar-refractivity contribution < 1.29 is 9.18 Å². The van der Waals surface area contributed by atoms with Crippen LogP contribution < -0.4 is 5.32 Å². The lowest BCUT2D eigenvalue weighted by atomic mass is 10.2. The summed E-state index contributed by atoms with van der Waals surface area (Å²) in [5.41, 5.74) is 2.13. The molecule has 0 spiro atoms. The van der Waals surface area contributed by atoms with Gasteiger partial charge in [0.2, 0.25) is 0 Å². The second kappa shape index (κ2) is 6.17. The molecule has 3 aromatic rings. The van der Waals surface area contributed by atoms with Gasteiger partial charge in [0.15, 0.2) is 0 Å². The summed E-state index contributed by atoms with van der Waals surface area (Å²) in [7, 11) is 0. The molecule has 1 amide bonds. The number of aromatic nitrogens is 3. The standard InChI is InChI=1S/C16H13FN4O/c17-14-5-3-13(4-6-14)16(22)20-15-7-1-12(2-8-15)9-21-11-18-10-19-21/h1-8,10-11H,9H2,(H,20,22). The van der Waals surface area contributed by atoms with E-state index < -0.39 is 0 Å². The summed E-state index contributed by atoms with van der Waals surface area (Å²) in [5.74, 6) is -0.641. The van der Waals surface area contributed by atoms with Crippen LogP contribution in [0.4, 0.5) is 10.1 Å². The third-order valence-corrected chi connectivity index (χ3v) is 3.13. The van der Waals surface area contributed by atoms with Gasteiger partial charge in [0.25, 0.3) is 5.91 Å². The Morgan fingerprint density at radius 2 is 1.82 bits per heavy atom. The van der Waals surface area contributed by atoms with Crippen molar-refractivity contribution in [2.45, 2.75) is 6.54 Å². The number of anilines is 1. The van der Waals surface area contributed by atoms with Crippen LogP contribution in [-0.4, -0.2) is 20.7 Å². The lowest BCUT2D eigenvalue weighted by molar-refractivity contribution is 0.102. The number of hydrogen-bond acceptors (Lipinski definition) is 3. The highest BCUT2D eigenvalue weighted by Gasteiger charge is 2.06. The number of hydrogen-bond donors (Lipinski definition) is 1. The Kier molecular flexibility index (Phi) is 3.91. The summed E-state index contributed by atoms with van der Waals surface area (Å²) in [6.45, 7) is 0.617. The highest BCUT2D eigenvalue weighted by atomic mass is 19.1. The second-order valence-corrected chi connectivity index (χ2v) is 4.75. The lowest BCUT2D eigenvalue weighted by Gasteiger charge is -2.07. The van der Waals surface area contributed by atoms with E-state index in [9.17, 15) is 9.18 Å². The Bertz CT molecular complexity index is 752. The molecule has 110 valence electrons. The number of nitrogens with one attached hydrogen (secondary N) is 1. The summed E-state index contributed by atoms with van der Waals surface area (Å²) >= 11 is 0. The van der Waals surface area contributed by atoms with Crippen LogP contribution in [0.25, 0.3) is 0 Å². The zero-order chi connectivity index (χ0) is 15.4. The minimum Gasteiger partial charge on any atom is -0.322 e. The first-order valence-electron chi connectivity index (χ1n) is 6.69. The predicted octanol–water partition coefficient (Wildman–Crippen LogP) is 2.72. The highest BCUT2D eigenvalue weighted by molar-refractivity contribution is 6.04. The van der Waals surface area contributed by atoms with Crippen LogP contribution in [0.2, 0.25) is 0 Å². The van der Waals surface area contributed by atoms with E-state index in [1.807, 2.05) is 24.3 Å². The maximum Gasteiger partial charge on any atom is 0.255 e. The zero-order valence-electron chi connectivity index (χ0n) is 11.6. The van der Waals surface area contributed by atoms with Crippen molar-refractivity contribution in [2.24, 2.45) is 0 Å². The van der Waals surface area contributed by atoms with Crippen LogP contribution in [0.5, 0.6) is 0 Å². The first kappa shape index (κ1) is 13.9. The molecule has 1 N–H and O–H groups in total. The Hall–Kier alpha value is -3.02. The molecule has 1 aromatic heterocycles. The van der Waals surface area contributed by atoms with Crippen LogP contribution in [-0.2, 0) is 6.54 Å². The van der Waals surface area contributed by atoms with Crippen molar-refractivity contribution in [1.29, 1.82) is 0 Å². The summed E-state index contributed by atoms with van der Waals surface area (Å²) in [6.07, 6.45) is 3.13. The van der Waals surface area contributed by atoms with E-state index >= 15 is 0 Å². The zero-order valence-corrected chi connectivity index (χ0v) is 11.6. The van der Waals surface area contributed by atoms with Crippen LogP contribution in [0.1, 0.15) is 15.9 Å². The van der Waals surface area contributed by atoms with Gasteiger partial charge in [-0.3, -0.25) is 4.79 Å². The van der Waals surface area contributed by atoms with Crippen molar-refractivity contribution in [3.8, 4) is 0 Å². The molecule has 3 rings (SSSR count). The van der Waals surface area contributed by atoms with Crippen molar-refractivity contribution in [3.63, 3.8) is 0 Å². The summed E-state index contributed by atoms with van der Waals surface area (Å²) in [4.78, 5) is 15.9. The molecule has 0 aliphatic carbocycles. The molecule has 0 saturated heterocycles. The molecule has 0 unspecified atom stereocenters. The van der Waals surface area contributed by atoms with Crippen molar-refractivity contribution in [1.82, 2.24) is 14.8 Å². The first-order valence-corrected chi connectivity index (χ1v) is 6.69. The van der Waals surface area contributed by atoms with E-state index in [0.29, 0.717) is 17.8 Å². The third kappa shape index (κ3) is 3.35. The highest BCUT2D eigenvalue weighted by Crippen LogP contribution is 2.12. The van der Waals surface area contributed by atoms with Crippen LogP contribution in [0.15, 0.2) is 61.2 Å². The Morgan fingerprint density at radius 3 is 2.45 bits per heavy atom. The minimum absolute atomic E-state index is 0.274. The van der Waals surface area contributed by atoms with Gasteiger partial charge >= 0.3 is 0 Å². The van der Waals surface area contributed by atoms with Gasteiger partial charge in [0.1, 0.15) is 18.5 Å². The van der Waals surface area contributed by atoms with E-state index in [1.54, 1.807) is 11.0 Å². The number of carbonyl (C=O) groups is 1. The van der Waals surface area contributed by atoms with Gasteiger partial charge in [-0.2, -0.15) is 5.10 Å². The van der Waals surface area contributed by atoms with Gasteiger partial charge in [-0.1, -0.05) is 12.1 Å². The Balaban J connectivity index is 1.65. The minimum atomic E-state index is -0.367. The molecule has 0 atom stereocenters. The smallest absolute Gasteiger partial charge is 0.255 e. The molecule has 5 nitrogen and oxygen atoms in total. The number of rotatable bonds is 4. The van der Waals surface area contributed by atoms with Crippen molar-refractivity contribution >= 4 is 11.6 Å². The molecule has 0 radical (unpaired) electrons. The average Bonchev–Trinajstić information content (AvgIpc) is 3.03. The van der Waals surface area contributed by atoms with E-state index in [2.05, 4.69) is 15.4 Å². The summed E-state index contributed by atoms with van der Waals surface area (Å²) in [5, 5.41) is 6.80. The van der Waals surface area contributed by atoms with E-state index in [0.717, 1.165) is 5.56 Å². The van der Waals surface area contributed by atoms with Gasteiger partial charge in [-0.05, 0) is 42.0 Å². The normalized spacial score (nSPS) is 10.4. The van der Waals surface area contributed by atoms with Gasteiger partial charge < -0.3 is 5.32 Å². The predicted molar refractivity (Wildman–Crippen MR) is 79.9 cm³/mol. The van der Waals surface area contributed by atoms with Gasteiger partial charge in [-0.25, -0.2) is 14.1 Å². The SMILES string of the molecule is O=C(Nc1ccc(Cn2cncn2)cc1)c1ccc(F)cc1. The fourth-order valence-electron chi connectivity index (χ4n) is 2.00. The van der Waals surface area contributed by atoms with Crippen LogP contribution >= 0.6 is 0 Å². The van der Waals surface area contributed by atoms with Gasteiger partial charge in [0, 0.05) is 11.3 Å². The lowest BCUT2D eigenvalue weighted by Crippen LogP contribution is -2.11. The quantitative estimate of drug-likeness (QED) is 0.805. The Morgan fingerprint density at radius 1 is 1.09 bits per heavy atom. The maximum absolute atomic E-state index is 12.8. The number of nitrogens with zero attached hydrogens (tertiary/aromatic N) is 3. The molecule has 0 saturated carbocycles. The topological polar surface area (TPSA) is 59.8 Å². The monoisotopic (exact) mass is 296 g/mol. The van der Waals surface area contributed by atoms with E-state index in [-0.39, 0.29) is 11.7 Å². The van der Waals surface area contributed by atoms with E-state index in [1.165, 1.54) is 30.6 Å². The molecule has 0 fully saturated rings. The molecule has 0 aliphatic heterocycles. The third-order valence-electron chi connectivity index (χ3n) is 3.13. The maximum atomic E-state index is 12.8. The van der Waals surface area contributed by atoms with Crippen LogP contribution in [0.3, 0.4) is 0 Å². The molecule has 2 aromatic carbocycles. The largest absolute Gasteiger partial charge is 0.322 e. The number of amides is 1. The van der Waals surface area contributed by atoms with Crippen molar-refractivity contribution in [2.75, 3.05) is 5.32 Å². The van der Waals surface area contributed by atoms with Gasteiger partial charge in [0.05, 0.1) is 6.54 Å². The number of carbonyl (C=O) groups excluding carboxylic acids is 1. The molecule has 1 heterocycles. The second-order valence-electron chi connectivity index (χ2n) is 4.75. The van der Waals surface area contributed by atoms with E-state index in [4.69, 9.17) is 0 Å². The molecule has 22 heavy (non-hydrogen) atoms. The number of benzene rings is 2.